The molecular weight excluding hydrogens is 424 g/mol. The summed E-state index contributed by atoms with van der Waals surface area (Å²) in [5, 5.41) is 9.28. The molecule has 3 rings (SSSR count). The monoisotopic (exact) mass is 464 g/mol. The van der Waals surface area contributed by atoms with Crippen LogP contribution < -0.4 is 0 Å². The molecule has 3 fully saturated rings. The number of rotatable bonds is 9. The lowest BCUT2D eigenvalue weighted by Gasteiger charge is -2.42. The summed E-state index contributed by atoms with van der Waals surface area (Å²) in [4.78, 5) is 44.4. The van der Waals surface area contributed by atoms with Gasteiger partial charge in [0.15, 0.2) is 0 Å². The molecule has 0 aromatic rings. The van der Waals surface area contributed by atoms with E-state index in [-0.39, 0.29) is 30.9 Å². The molecular formula is C25H40N2O6. The lowest BCUT2D eigenvalue weighted by Crippen LogP contribution is -2.60. The van der Waals surface area contributed by atoms with Crippen LogP contribution in [0.2, 0.25) is 0 Å². The summed E-state index contributed by atoms with van der Waals surface area (Å²) in [6, 6.07) is -0.837. The van der Waals surface area contributed by atoms with Crippen molar-refractivity contribution < 1.29 is 29.0 Å². The molecule has 8 heteroatoms. The first-order valence-electron chi connectivity index (χ1n) is 12.1. The molecule has 186 valence electrons. The van der Waals surface area contributed by atoms with Crippen molar-refractivity contribution in [2.24, 2.45) is 17.8 Å². The van der Waals surface area contributed by atoms with E-state index in [1.165, 1.54) is 0 Å². The maximum absolute atomic E-state index is 14.1. The van der Waals surface area contributed by atoms with Crippen molar-refractivity contribution in [3.05, 3.63) is 12.7 Å². The van der Waals surface area contributed by atoms with E-state index in [9.17, 15) is 19.5 Å². The summed E-state index contributed by atoms with van der Waals surface area (Å²) in [5.74, 6) is -2.39. The van der Waals surface area contributed by atoms with Gasteiger partial charge in [-0.2, -0.15) is 0 Å². The Morgan fingerprint density at radius 2 is 2.03 bits per heavy atom. The van der Waals surface area contributed by atoms with E-state index in [2.05, 4.69) is 6.58 Å². The maximum atomic E-state index is 14.1. The number of likely N-dealkylation sites (tertiary alicyclic amines) is 1. The predicted molar refractivity (Wildman–Crippen MR) is 123 cm³/mol. The number of nitrogens with zero attached hydrogens (tertiary/aromatic N) is 2. The van der Waals surface area contributed by atoms with Crippen LogP contribution in [-0.2, 0) is 23.9 Å². The number of hydrogen-bond donors (Lipinski definition) is 1. The molecule has 8 nitrogen and oxygen atoms in total. The van der Waals surface area contributed by atoms with Crippen LogP contribution >= 0.6 is 0 Å². The molecule has 3 aliphatic heterocycles. The molecule has 0 aromatic carbocycles. The minimum atomic E-state index is -1.08. The molecule has 0 saturated carbocycles. The number of carbonyl (C=O) groups excluding carboxylic acids is 3. The Hall–Kier alpha value is -1.93. The van der Waals surface area contributed by atoms with Gasteiger partial charge in [-0.05, 0) is 59.8 Å². The Labute approximate surface area is 197 Å². The van der Waals surface area contributed by atoms with Gasteiger partial charge in [-0.15, -0.1) is 6.58 Å². The fourth-order valence-corrected chi connectivity index (χ4v) is 6.21. The summed E-state index contributed by atoms with van der Waals surface area (Å²) in [6.45, 7) is 16.2. The van der Waals surface area contributed by atoms with Crippen LogP contribution in [0, 0.1) is 17.8 Å². The summed E-state index contributed by atoms with van der Waals surface area (Å²) in [6.07, 6.45) is 3.29. The van der Waals surface area contributed by atoms with Crippen molar-refractivity contribution in [3.8, 4) is 0 Å². The van der Waals surface area contributed by atoms with Gasteiger partial charge in [0.25, 0.3) is 0 Å². The number of esters is 1. The van der Waals surface area contributed by atoms with Gasteiger partial charge >= 0.3 is 5.97 Å². The molecule has 6 atom stereocenters. The van der Waals surface area contributed by atoms with Gasteiger partial charge in [-0.25, -0.2) is 0 Å². The highest BCUT2D eigenvalue weighted by Crippen LogP contribution is 2.65. The lowest BCUT2D eigenvalue weighted by molar-refractivity contribution is -0.162. The maximum Gasteiger partial charge on any atom is 0.312 e. The van der Waals surface area contributed by atoms with E-state index in [0.29, 0.717) is 32.4 Å². The summed E-state index contributed by atoms with van der Waals surface area (Å²) in [7, 11) is 0. The summed E-state index contributed by atoms with van der Waals surface area (Å²) >= 11 is 0. The van der Waals surface area contributed by atoms with E-state index in [0.717, 1.165) is 0 Å². The number of ether oxygens (including phenoxy) is 2. The lowest BCUT2D eigenvalue weighted by atomic mass is 9.62. The first-order chi connectivity index (χ1) is 15.4. The molecule has 0 aromatic heterocycles. The van der Waals surface area contributed by atoms with E-state index in [1.807, 2.05) is 34.6 Å². The van der Waals surface area contributed by atoms with E-state index in [4.69, 9.17) is 9.47 Å². The predicted octanol–water partition coefficient (Wildman–Crippen LogP) is 2.15. The van der Waals surface area contributed by atoms with Gasteiger partial charge in [0.05, 0.1) is 18.1 Å². The topological polar surface area (TPSA) is 96.4 Å². The minimum Gasteiger partial charge on any atom is -0.466 e. The molecule has 0 aliphatic carbocycles. The molecule has 3 unspecified atom stereocenters. The van der Waals surface area contributed by atoms with E-state index >= 15 is 0 Å². The highest BCUT2D eigenvalue weighted by molar-refractivity contribution is 5.98. The molecule has 3 heterocycles. The van der Waals surface area contributed by atoms with Gasteiger partial charge in [0, 0.05) is 25.2 Å². The quantitative estimate of drug-likeness (QED) is 0.319. The Morgan fingerprint density at radius 1 is 1.36 bits per heavy atom. The van der Waals surface area contributed by atoms with Crippen molar-refractivity contribution in [1.82, 2.24) is 9.80 Å². The number of aliphatic hydroxyl groups is 1. The van der Waals surface area contributed by atoms with Crippen molar-refractivity contribution in [1.29, 1.82) is 0 Å². The number of unbranched alkanes of at least 4 members (excludes halogenated alkanes) is 1. The Morgan fingerprint density at radius 3 is 2.58 bits per heavy atom. The zero-order chi connectivity index (χ0) is 24.8. The standard InChI is InChI=1S/C25H40N2O6/c1-8-12-27(23(4,5)6)21(30)19-25-15-16(3)24(7,33-25)18(22(31)32-9-2)17(25)20(29)26(19)13-10-11-14-28/h8,16-19,28H,1,9-15H2,2-7H3/t16?,17-,18+,19?,24-,25?/m0/s1. The Bertz CT molecular complexity index is 807. The minimum absolute atomic E-state index is 0.0108. The van der Waals surface area contributed by atoms with Gasteiger partial charge in [0.2, 0.25) is 11.8 Å². The third kappa shape index (κ3) is 3.89. The SMILES string of the molecule is C=CCN(C(=O)C1N(CCCCO)C(=O)[C@@H]2[C@H](C(=O)OCC)[C@@]3(C)OC12CC3C)C(C)(C)C. The molecule has 2 amide bonds. The van der Waals surface area contributed by atoms with Gasteiger partial charge in [-0.1, -0.05) is 13.0 Å². The van der Waals surface area contributed by atoms with E-state index in [1.54, 1.807) is 22.8 Å². The highest BCUT2D eigenvalue weighted by Gasteiger charge is 2.80. The van der Waals surface area contributed by atoms with Crippen LogP contribution in [0.1, 0.15) is 60.8 Å². The van der Waals surface area contributed by atoms with Crippen LogP contribution in [0.4, 0.5) is 0 Å². The smallest absolute Gasteiger partial charge is 0.312 e. The third-order valence-corrected chi connectivity index (χ3v) is 7.78. The number of hydrogen-bond acceptors (Lipinski definition) is 6. The van der Waals surface area contributed by atoms with E-state index < -0.39 is 40.6 Å². The number of fused-ring (bicyclic) bond motifs is 1. The molecule has 33 heavy (non-hydrogen) atoms. The van der Waals surface area contributed by atoms with Crippen LogP contribution in [-0.4, -0.2) is 81.8 Å². The van der Waals surface area contributed by atoms with Crippen LogP contribution in [0.25, 0.3) is 0 Å². The third-order valence-electron chi connectivity index (χ3n) is 7.78. The van der Waals surface area contributed by atoms with Crippen molar-refractivity contribution in [3.63, 3.8) is 0 Å². The molecule has 3 saturated heterocycles. The molecule has 0 radical (unpaired) electrons. The van der Waals surface area contributed by atoms with Crippen molar-refractivity contribution in [2.75, 3.05) is 26.3 Å². The zero-order valence-corrected chi connectivity index (χ0v) is 20.9. The second-order valence-corrected chi connectivity index (χ2v) is 10.8. The average molecular weight is 465 g/mol. The second kappa shape index (κ2) is 9.02. The first kappa shape index (κ1) is 25.7. The van der Waals surface area contributed by atoms with Gasteiger partial charge in [0.1, 0.15) is 17.6 Å². The van der Waals surface area contributed by atoms with Gasteiger partial charge < -0.3 is 24.4 Å². The van der Waals surface area contributed by atoms with Gasteiger partial charge in [-0.3, -0.25) is 14.4 Å². The highest BCUT2D eigenvalue weighted by atomic mass is 16.6. The number of carbonyl (C=O) groups is 3. The second-order valence-electron chi connectivity index (χ2n) is 10.8. The first-order valence-corrected chi connectivity index (χ1v) is 12.1. The van der Waals surface area contributed by atoms with Crippen LogP contribution in [0.3, 0.4) is 0 Å². The zero-order valence-electron chi connectivity index (χ0n) is 20.9. The number of amides is 2. The Balaban J connectivity index is 2.11. The van der Waals surface area contributed by atoms with Crippen molar-refractivity contribution in [2.45, 2.75) is 83.6 Å². The number of aliphatic hydroxyl groups excluding tert-OH is 1. The fraction of sp³-hybridized carbons (Fsp3) is 0.800. The average Bonchev–Trinajstić information content (AvgIpc) is 3.22. The molecule has 1 N–H and O–H groups in total. The van der Waals surface area contributed by atoms with Crippen LogP contribution in [0.5, 0.6) is 0 Å². The summed E-state index contributed by atoms with van der Waals surface area (Å²) in [5.41, 5.74) is -2.44. The molecule has 1 spiro atoms. The summed E-state index contributed by atoms with van der Waals surface area (Å²) < 4.78 is 12.0. The van der Waals surface area contributed by atoms with Crippen molar-refractivity contribution >= 4 is 17.8 Å². The molecule has 2 bridgehead atoms. The Kier molecular flexibility index (Phi) is 7.02. The normalized spacial score (nSPS) is 35.0. The van der Waals surface area contributed by atoms with Crippen LogP contribution in [0.15, 0.2) is 12.7 Å². The molecule has 3 aliphatic rings. The fourth-order valence-electron chi connectivity index (χ4n) is 6.21. The largest absolute Gasteiger partial charge is 0.466 e.